The first-order valence-electron chi connectivity index (χ1n) is 16.1. The van der Waals surface area contributed by atoms with Crippen LogP contribution in [0.2, 0.25) is 0 Å². The molecule has 0 bridgehead atoms. The molecule has 0 radical (unpaired) electrons. The number of likely N-dealkylation sites (tertiary alicyclic amines) is 1. The van der Waals surface area contributed by atoms with Gasteiger partial charge in [-0.15, -0.1) is 0 Å². The lowest BCUT2D eigenvalue weighted by molar-refractivity contribution is -0.121. The lowest BCUT2D eigenvalue weighted by atomic mass is 9.95. The molecular weight excluding hydrogens is 598 g/mol. The van der Waals surface area contributed by atoms with Gasteiger partial charge in [0, 0.05) is 37.2 Å². The number of aryl methyl sites for hydroxylation is 1. The van der Waals surface area contributed by atoms with Crippen molar-refractivity contribution in [1.82, 2.24) is 10.2 Å². The van der Waals surface area contributed by atoms with Gasteiger partial charge in [0.1, 0.15) is 12.2 Å². The molecule has 1 saturated heterocycles. The maximum atomic E-state index is 13.2. The summed E-state index contributed by atoms with van der Waals surface area (Å²) in [5.41, 5.74) is 5.76. The second kappa shape index (κ2) is 14.7. The average Bonchev–Trinajstić information content (AvgIpc) is 3.38. The molecule has 2 aliphatic rings. The van der Waals surface area contributed by atoms with E-state index in [1.165, 1.54) is 18.2 Å². The number of rotatable bonds is 9. The van der Waals surface area contributed by atoms with Gasteiger partial charge >= 0.3 is 18.2 Å². The molecule has 1 aliphatic heterocycles. The maximum absolute atomic E-state index is 13.2. The topological polar surface area (TPSA) is 123 Å². The maximum Gasteiger partial charge on any atom is 0.409 e. The standard InChI is InChI=1S/C37H43N3O7/c1-37(2,3)47-35(43)38-19-9-10-25-22-26(15-16-27(25)34(42)45-4)39-33(41)24-17-20-40(21-18-24)36(44)46-23-32-30-13-7-5-11-28(30)29-12-6-8-14-31(29)32/h5-8,11-16,22,24,32H,9-10,17-21,23H2,1-4H3,(H,38,43)(H,39,41). The molecule has 3 amide bonds. The molecule has 0 unspecified atom stereocenters. The molecular formula is C37H43N3O7. The molecule has 2 N–H and O–H groups in total. The van der Waals surface area contributed by atoms with E-state index in [1.807, 2.05) is 24.3 Å². The van der Waals surface area contributed by atoms with E-state index in [-0.39, 0.29) is 30.4 Å². The van der Waals surface area contributed by atoms with Gasteiger partial charge in [0.05, 0.1) is 12.7 Å². The first-order chi connectivity index (χ1) is 22.5. The van der Waals surface area contributed by atoms with Crippen LogP contribution in [0.1, 0.15) is 73.0 Å². The molecule has 0 aromatic heterocycles. The highest BCUT2D eigenvalue weighted by Crippen LogP contribution is 2.44. The normalized spacial score (nSPS) is 14.5. The second-order valence-corrected chi connectivity index (χ2v) is 13.0. The van der Waals surface area contributed by atoms with Crippen LogP contribution >= 0.6 is 0 Å². The molecule has 248 valence electrons. The third-order valence-electron chi connectivity index (χ3n) is 8.53. The van der Waals surface area contributed by atoms with Crippen LogP contribution in [-0.4, -0.2) is 67.9 Å². The fourth-order valence-corrected chi connectivity index (χ4v) is 6.22. The highest BCUT2D eigenvalue weighted by molar-refractivity contribution is 5.95. The number of esters is 1. The molecule has 1 fully saturated rings. The van der Waals surface area contributed by atoms with Crippen molar-refractivity contribution < 1.29 is 33.4 Å². The molecule has 3 aromatic carbocycles. The number of piperidine rings is 1. The van der Waals surface area contributed by atoms with Crippen molar-refractivity contribution in [2.24, 2.45) is 5.92 Å². The molecule has 0 saturated carbocycles. The van der Waals surface area contributed by atoms with Crippen LogP contribution in [0.5, 0.6) is 0 Å². The van der Waals surface area contributed by atoms with Crippen molar-refractivity contribution in [3.05, 3.63) is 89.0 Å². The van der Waals surface area contributed by atoms with E-state index >= 15 is 0 Å². The Morgan fingerprint density at radius 1 is 0.894 bits per heavy atom. The predicted molar refractivity (Wildman–Crippen MR) is 178 cm³/mol. The Labute approximate surface area is 275 Å². The average molecular weight is 642 g/mol. The summed E-state index contributed by atoms with van der Waals surface area (Å²) in [5.74, 6) is -0.889. The Kier molecular flexibility index (Phi) is 10.5. The van der Waals surface area contributed by atoms with Gasteiger partial charge in [-0.2, -0.15) is 0 Å². The van der Waals surface area contributed by atoms with Crippen molar-refractivity contribution >= 4 is 29.8 Å². The minimum atomic E-state index is -0.593. The number of ether oxygens (including phenoxy) is 3. The zero-order valence-corrected chi connectivity index (χ0v) is 27.5. The van der Waals surface area contributed by atoms with Gasteiger partial charge in [0.25, 0.3) is 0 Å². The van der Waals surface area contributed by atoms with Crippen LogP contribution in [0.4, 0.5) is 15.3 Å². The molecule has 0 atom stereocenters. The van der Waals surface area contributed by atoms with Gasteiger partial charge in [0.2, 0.25) is 5.91 Å². The van der Waals surface area contributed by atoms with Gasteiger partial charge in [-0.3, -0.25) is 4.79 Å². The van der Waals surface area contributed by atoms with Gasteiger partial charge in [-0.1, -0.05) is 48.5 Å². The number of hydrogen-bond donors (Lipinski definition) is 2. The van der Waals surface area contributed by atoms with Crippen LogP contribution in [0.25, 0.3) is 11.1 Å². The molecule has 10 heteroatoms. The molecule has 3 aromatic rings. The Morgan fingerprint density at radius 2 is 1.53 bits per heavy atom. The molecule has 1 aliphatic carbocycles. The minimum absolute atomic E-state index is 0.00799. The lowest BCUT2D eigenvalue weighted by Crippen LogP contribution is -2.42. The zero-order valence-electron chi connectivity index (χ0n) is 27.5. The smallest absolute Gasteiger partial charge is 0.409 e. The van der Waals surface area contributed by atoms with Crippen LogP contribution < -0.4 is 10.6 Å². The first kappa shape index (κ1) is 33.5. The number of anilines is 1. The molecule has 10 nitrogen and oxygen atoms in total. The lowest BCUT2D eigenvalue weighted by Gasteiger charge is -2.31. The van der Waals surface area contributed by atoms with Gasteiger partial charge < -0.3 is 29.7 Å². The minimum Gasteiger partial charge on any atom is -0.465 e. The number of fused-ring (bicyclic) bond motifs is 3. The fourth-order valence-electron chi connectivity index (χ4n) is 6.22. The highest BCUT2D eigenvalue weighted by atomic mass is 16.6. The van der Waals surface area contributed by atoms with E-state index in [0.29, 0.717) is 62.1 Å². The van der Waals surface area contributed by atoms with Crippen LogP contribution in [0, 0.1) is 5.92 Å². The number of nitrogens with zero attached hydrogens (tertiary/aromatic N) is 1. The monoisotopic (exact) mass is 641 g/mol. The fraction of sp³-hybridized carbons (Fsp3) is 0.405. The van der Waals surface area contributed by atoms with Crippen molar-refractivity contribution in [1.29, 1.82) is 0 Å². The first-order valence-corrected chi connectivity index (χ1v) is 16.1. The Morgan fingerprint density at radius 3 is 2.15 bits per heavy atom. The van der Waals surface area contributed by atoms with Crippen LogP contribution in [0.3, 0.4) is 0 Å². The number of carbonyl (C=O) groups is 4. The summed E-state index contributed by atoms with van der Waals surface area (Å²) < 4.78 is 16.0. The SMILES string of the molecule is COC(=O)c1ccc(NC(=O)C2CCN(C(=O)OCC3c4ccccc4-c4ccccc43)CC2)cc1CCCNC(=O)OC(C)(C)C. The van der Waals surface area contributed by atoms with E-state index in [9.17, 15) is 19.2 Å². The summed E-state index contributed by atoms with van der Waals surface area (Å²) >= 11 is 0. The van der Waals surface area contributed by atoms with Crippen LogP contribution in [0.15, 0.2) is 66.7 Å². The number of methoxy groups -OCH3 is 1. The molecule has 1 heterocycles. The van der Waals surface area contributed by atoms with Crippen LogP contribution in [-0.2, 0) is 25.4 Å². The Hall–Kier alpha value is -4.86. The summed E-state index contributed by atoms with van der Waals surface area (Å²) in [7, 11) is 1.32. The third kappa shape index (κ3) is 8.30. The van der Waals surface area contributed by atoms with Gasteiger partial charge in [-0.25, -0.2) is 14.4 Å². The number of alkyl carbamates (subject to hydrolysis) is 1. The van der Waals surface area contributed by atoms with E-state index in [4.69, 9.17) is 14.2 Å². The Bertz CT molecular complexity index is 1580. The van der Waals surface area contributed by atoms with Crippen molar-refractivity contribution in [3.8, 4) is 11.1 Å². The third-order valence-corrected chi connectivity index (χ3v) is 8.53. The highest BCUT2D eigenvalue weighted by Gasteiger charge is 2.32. The van der Waals surface area contributed by atoms with E-state index < -0.39 is 17.7 Å². The van der Waals surface area contributed by atoms with Crippen molar-refractivity contribution in [2.75, 3.05) is 38.7 Å². The molecule has 0 spiro atoms. The van der Waals surface area contributed by atoms with Crippen molar-refractivity contribution in [3.63, 3.8) is 0 Å². The number of benzene rings is 3. The number of amides is 3. The van der Waals surface area contributed by atoms with E-state index in [0.717, 1.165) is 11.1 Å². The van der Waals surface area contributed by atoms with E-state index in [1.54, 1.807) is 43.9 Å². The van der Waals surface area contributed by atoms with Gasteiger partial charge in [-0.05, 0) is 92.5 Å². The predicted octanol–water partition coefficient (Wildman–Crippen LogP) is 6.53. The molecule has 5 rings (SSSR count). The summed E-state index contributed by atoms with van der Waals surface area (Å²) in [6, 6.07) is 21.5. The zero-order chi connectivity index (χ0) is 33.6. The van der Waals surface area contributed by atoms with Crippen molar-refractivity contribution in [2.45, 2.75) is 58.0 Å². The Balaban J connectivity index is 1.12. The number of hydrogen-bond acceptors (Lipinski definition) is 7. The second-order valence-electron chi connectivity index (χ2n) is 13.0. The molecule has 47 heavy (non-hydrogen) atoms. The number of nitrogens with one attached hydrogen (secondary N) is 2. The summed E-state index contributed by atoms with van der Waals surface area (Å²) in [6.07, 6.45) is 1.18. The summed E-state index contributed by atoms with van der Waals surface area (Å²) in [4.78, 5) is 52.3. The van der Waals surface area contributed by atoms with E-state index in [2.05, 4.69) is 34.9 Å². The van der Waals surface area contributed by atoms with Gasteiger partial charge in [0.15, 0.2) is 0 Å². The quantitative estimate of drug-likeness (QED) is 0.155. The largest absolute Gasteiger partial charge is 0.465 e. The number of carbonyl (C=O) groups excluding carboxylic acids is 4. The summed E-state index contributed by atoms with van der Waals surface area (Å²) in [6.45, 7) is 6.84. The summed E-state index contributed by atoms with van der Waals surface area (Å²) in [5, 5.41) is 5.70.